The molecule has 0 heterocycles. The molecular weight excluding hydrogens is 162 g/mol. The Hall–Kier alpha value is -0.210. The summed E-state index contributed by atoms with van der Waals surface area (Å²) in [6, 6.07) is 0. The Morgan fingerprint density at radius 3 is 1.90 bits per heavy atom. The van der Waals surface area contributed by atoms with Crippen LogP contribution in [0.3, 0.4) is 0 Å². The molecule has 0 unspecified atom stereocenters. The first-order valence-electron chi connectivity index (χ1n) is 2.30. The first kappa shape index (κ1) is 9.79. The number of nitrogens with one attached hydrogen (secondary N) is 1. The van der Waals surface area contributed by atoms with E-state index in [1.54, 1.807) is 5.32 Å². The summed E-state index contributed by atoms with van der Waals surface area (Å²) >= 11 is 0. The minimum atomic E-state index is -3.35. The maximum atomic E-state index is 10.3. The van der Waals surface area contributed by atoms with E-state index in [1.807, 2.05) is 0 Å². The SMILES string of the molecule is CS(=O)(=O)CNC(O)(O)O. The second-order valence-electron chi connectivity index (χ2n) is 1.88. The van der Waals surface area contributed by atoms with Crippen molar-refractivity contribution < 1.29 is 23.7 Å². The summed E-state index contributed by atoms with van der Waals surface area (Å²) in [7, 11) is -3.35. The van der Waals surface area contributed by atoms with Crippen molar-refractivity contribution in [2.45, 2.75) is 6.10 Å². The lowest BCUT2D eigenvalue weighted by Crippen LogP contribution is -2.46. The van der Waals surface area contributed by atoms with Gasteiger partial charge in [-0.05, 0) is 0 Å². The van der Waals surface area contributed by atoms with Gasteiger partial charge >= 0.3 is 6.10 Å². The maximum Gasteiger partial charge on any atom is 0.343 e. The van der Waals surface area contributed by atoms with Crippen LogP contribution in [0.2, 0.25) is 0 Å². The normalized spacial score (nSPS) is 13.6. The quantitative estimate of drug-likeness (QED) is 0.341. The minimum Gasteiger partial charge on any atom is -0.330 e. The van der Waals surface area contributed by atoms with E-state index >= 15 is 0 Å². The van der Waals surface area contributed by atoms with Crippen LogP contribution in [0.25, 0.3) is 0 Å². The Bertz CT molecular complexity index is 189. The number of rotatable bonds is 3. The summed E-state index contributed by atoms with van der Waals surface area (Å²) in [6.45, 7) is 0. The first-order chi connectivity index (χ1) is 4.21. The number of sulfone groups is 1. The van der Waals surface area contributed by atoms with Gasteiger partial charge in [0.25, 0.3) is 0 Å². The van der Waals surface area contributed by atoms with Crippen molar-refractivity contribution in [3.05, 3.63) is 0 Å². The average molecular weight is 171 g/mol. The van der Waals surface area contributed by atoms with Gasteiger partial charge < -0.3 is 15.3 Å². The molecule has 0 bridgehead atoms. The molecule has 0 aromatic carbocycles. The molecule has 0 fully saturated rings. The summed E-state index contributed by atoms with van der Waals surface area (Å²) < 4.78 is 20.6. The topological polar surface area (TPSA) is 107 Å². The molecule has 0 aromatic rings. The molecule has 0 atom stereocenters. The fraction of sp³-hybridized carbons (Fsp3) is 1.00. The van der Waals surface area contributed by atoms with E-state index < -0.39 is 21.8 Å². The standard InChI is InChI=1S/C3H9NO5S/c1-10(8,9)2-4-3(5,6)7/h4-7H,2H2,1H3. The predicted molar refractivity (Wildman–Crippen MR) is 32.2 cm³/mol. The molecule has 0 aromatic heterocycles. The van der Waals surface area contributed by atoms with Crippen molar-refractivity contribution >= 4 is 9.84 Å². The third kappa shape index (κ3) is 7.79. The molecule has 0 saturated heterocycles. The van der Waals surface area contributed by atoms with Crippen molar-refractivity contribution in [2.24, 2.45) is 0 Å². The fourth-order valence-corrected chi connectivity index (χ4v) is 0.684. The van der Waals surface area contributed by atoms with Crippen LogP contribution < -0.4 is 5.32 Å². The van der Waals surface area contributed by atoms with Crippen LogP contribution in [-0.2, 0) is 9.84 Å². The van der Waals surface area contributed by atoms with Gasteiger partial charge in [-0.2, -0.15) is 0 Å². The molecule has 0 aliphatic heterocycles. The number of aliphatic hydroxyl groups is 3. The molecule has 0 aliphatic carbocycles. The molecule has 4 N–H and O–H groups in total. The van der Waals surface area contributed by atoms with Crippen LogP contribution in [0, 0.1) is 0 Å². The number of hydrogen-bond donors (Lipinski definition) is 4. The Morgan fingerprint density at radius 2 is 1.80 bits per heavy atom. The number of hydrogen-bond acceptors (Lipinski definition) is 6. The summed E-state index contributed by atoms with van der Waals surface area (Å²) in [5, 5.41) is 25.9. The first-order valence-corrected chi connectivity index (χ1v) is 4.37. The smallest absolute Gasteiger partial charge is 0.330 e. The molecule has 0 spiro atoms. The van der Waals surface area contributed by atoms with Gasteiger partial charge in [-0.25, -0.2) is 13.7 Å². The lowest BCUT2D eigenvalue weighted by atomic mass is 10.9. The Kier molecular flexibility index (Phi) is 2.75. The maximum absolute atomic E-state index is 10.3. The van der Waals surface area contributed by atoms with E-state index in [2.05, 4.69) is 0 Å². The molecule has 0 rings (SSSR count). The van der Waals surface area contributed by atoms with Gasteiger partial charge in [0.1, 0.15) is 5.88 Å². The molecule has 0 amide bonds. The van der Waals surface area contributed by atoms with Crippen LogP contribution in [0.15, 0.2) is 0 Å². The predicted octanol–water partition coefficient (Wildman–Crippen LogP) is -2.83. The Labute approximate surface area is 58.0 Å². The zero-order valence-electron chi connectivity index (χ0n) is 5.27. The molecule has 62 valence electrons. The molecule has 10 heavy (non-hydrogen) atoms. The van der Waals surface area contributed by atoms with Gasteiger partial charge in [0, 0.05) is 6.26 Å². The summed E-state index contributed by atoms with van der Waals surface area (Å²) in [4.78, 5) is 0. The van der Waals surface area contributed by atoms with Gasteiger partial charge in [0.15, 0.2) is 9.84 Å². The largest absolute Gasteiger partial charge is 0.343 e. The molecular formula is C3H9NO5S. The van der Waals surface area contributed by atoms with Gasteiger partial charge in [0.05, 0.1) is 0 Å². The average Bonchev–Trinajstić information content (AvgIpc) is 1.57. The fourth-order valence-electron chi connectivity index (χ4n) is 0.228. The zero-order valence-corrected chi connectivity index (χ0v) is 6.09. The minimum absolute atomic E-state index is 0.698. The third-order valence-electron chi connectivity index (χ3n) is 0.572. The van der Waals surface area contributed by atoms with E-state index in [0.29, 0.717) is 0 Å². The van der Waals surface area contributed by atoms with E-state index in [-0.39, 0.29) is 0 Å². The van der Waals surface area contributed by atoms with Crippen LogP contribution in [0.4, 0.5) is 0 Å². The van der Waals surface area contributed by atoms with E-state index in [9.17, 15) is 8.42 Å². The van der Waals surface area contributed by atoms with Crippen molar-refractivity contribution in [1.82, 2.24) is 5.32 Å². The van der Waals surface area contributed by atoms with Crippen LogP contribution in [-0.4, -0.2) is 42.0 Å². The van der Waals surface area contributed by atoms with Crippen LogP contribution in [0.1, 0.15) is 0 Å². The van der Waals surface area contributed by atoms with E-state index in [1.165, 1.54) is 0 Å². The molecule has 0 saturated carbocycles. The second-order valence-corrected chi connectivity index (χ2v) is 4.02. The van der Waals surface area contributed by atoms with E-state index in [4.69, 9.17) is 15.3 Å². The van der Waals surface area contributed by atoms with Crippen LogP contribution >= 0.6 is 0 Å². The third-order valence-corrected chi connectivity index (χ3v) is 1.24. The van der Waals surface area contributed by atoms with Gasteiger partial charge in [-0.15, -0.1) is 0 Å². The summed E-state index contributed by atoms with van der Waals surface area (Å²) in [5.74, 6) is -0.698. The van der Waals surface area contributed by atoms with Crippen molar-refractivity contribution in [3.8, 4) is 0 Å². The van der Waals surface area contributed by atoms with E-state index in [0.717, 1.165) is 6.26 Å². The highest BCUT2D eigenvalue weighted by Gasteiger charge is 2.18. The highest BCUT2D eigenvalue weighted by Crippen LogP contribution is 1.86. The summed E-state index contributed by atoms with van der Waals surface area (Å²) in [6.07, 6.45) is -2.24. The molecule has 6 nitrogen and oxygen atoms in total. The lowest BCUT2D eigenvalue weighted by molar-refractivity contribution is -0.329. The lowest BCUT2D eigenvalue weighted by Gasteiger charge is -2.13. The van der Waals surface area contributed by atoms with Crippen molar-refractivity contribution in [3.63, 3.8) is 0 Å². The highest BCUT2D eigenvalue weighted by atomic mass is 32.2. The van der Waals surface area contributed by atoms with Crippen LogP contribution in [0.5, 0.6) is 0 Å². The molecule has 0 aliphatic rings. The summed E-state index contributed by atoms with van der Waals surface area (Å²) in [5.41, 5.74) is 0. The Balaban J connectivity index is 3.79. The highest BCUT2D eigenvalue weighted by molar-refractivity contribution is 7.90. The monoisotopic (exact) mass is 171 g/mol. The molecule has 7 heteroatoms. The van der Waals surface area contributed by atoms with Gasteiger partial charge in [-0.3, -0.25) is 0 Å². The van der Waals surface area contributed by atoms with Crippen molar-refractivity contribution in [1.29, 1.82) is 0 Å². The van der Waals surface area contributed by atoms with Crippen molar-refractivity contribution in [2.75, 3.05) is 12.1 Å². The second kappa shape index (κ2) is 2.81. The van der Waals surface area contributed by atoms with Gasteiger partial charge in [0.2, 0.25) is 0 Å². The zero-order chi connectivity index (χ0) is 8.41. The Morgan fingerprint density at radius 1 is 1.40 bits per heavy atom. The van der Waals surface area contributed by atoms with Gasteiger partial charge in [-0.1, -0.05) is 0 Å². The molecule has 0 radical (unpaired) electrons.